The molecule has 1 aromatic heterocycles. The average molecular weight is 267 g/mol. The lowest BCUT2D eigenvalue weighted by atomic mass is 10.2. The molecule has 1 aromatic carbocycles. The Bertz CT molecular complexity index is 588. The Hall–Kier alpha value is -1.75. The molecule has 0 spiro atoms. The first-order valence-corrected chi connectivity index (χ1v) is 6.12. The molecule has 18 heavy (non-hydrogen) atoms. The fourth-order valence-electron chi connectivity index (χ4n) is 1.46. The Labute approximate surface area is 107 Å². The Kier molecular flexibility index (Phi) is 3.43. The zero-order valence-electron chi connectivity index (χ0n) is 9.88. The molecule has 0 saturated heterocycles. The molecule has 0 fully saturated rings. The first kappa shape index (κ1) is 12.7. The largest absolute Gasteiger partial charge is 0.319 e. The normalized spacial score (nSPS) is 10.4. The molecule has 94 valence electrons. The maximum atomic E-state index is 13.4. The van der Waals surface area contributed by atoms with Crippen molar-refractivity contribution in [3.63, 3.8) is 0 Å². The Morgan fingerprint density at radius 1 is 1.22 bits per heavy atom. The second-order valence-electron chi connectivity index (χ2n) is 3.93. The van der Waals surface area contributed by atoms with Crippen molar-refractivity contribution in [2.24, 2.45) is 0 Å². The molecule has 0 aliphatic rings. The lowest BCUT2D eigenvalue weighted by molar-refractivity contribution is 0.103. The maximum Gasteiger partial charge on any atom is 0.265 e. The van der Waals surface area contributed by atoms with E-state index in [9.17, 15) is 13.6 Å². The molecule has 1 amide bonds. The minimum atomic E-state index is -0.658. The topological polar surface area (TPSA) is 29.1 Å². The van der Waals surface area contributed by atoms with Crippen LogP contribution in [0.1, 0.15) is 20.1 Å². The van der Waals surface area contributed by atoms with Gasteiger partial charge >= 0.3 is 0 Å². The van der Waals surface area contributed by atoms with Crippen molar-refractivity contribution in [1.29, 1.82) is 0 Å². The number of carbonyl (C=O) groups excluding carboxylic acids is 1. The van der Waals surface area contributed by atoms with Crippen LogP contribution in [0.15, 0.2) is 24.3 Å². The summed E-state index contributed by atoms with van der Waals surface area (Å²) in [6.07, 6.45) is 0. The number of nitrogens with one attached hydrogen (secondary N) is 1. The van der Waals surface area contributed by atoms with E-state index in [0.717, 1.165) is 28.6 Å². The maximum absolute atomic E-state index is 13.4. The number of aryl methyl sites for hydroxylation is 2. The SMILES string of the molecule is Cc1cc(C(=O)Nc2cc(F)ccc2F)sc1C. The van der Waals surface area contributed by atoms with Crippen LogP contribution in [0.5, 0.6) is 0 Å². The molecule has 0 aliphatic carbocycles. The summed E-state index contributed by atoms with van der Waals surface area (Å²) in [5, 5.41) is 2.36. The van der Waals surface area contributed by atoms with Crippen molar-refractivity contribution in [2.75, 3.05) is 5.32 Å². The molecule has 1 N–H and O–H groups in total. The molecule has 0 radical (unpaired) electrons. The van der Waals surface area contributed by atoms with E-state index in [4.69, 9.17) is 0 Å². The molecular formula is C13H11F2NOS. The smallest absolute Gasteiger partial charge is 0.265 e. The summed E-state index contributed by atoms with van der Waals surface area (Å²) in [6.45, 7) is 3.80. The number of hydrogen-bond donors (Lipinski definition) is 1. The van der Waals surface area contributed by atoms with E-state index < -0.39 is 17.5 Å². The van der Waals surface area contributed by atoms with Crippen LogP contribution in [0.3, 0.4) is 0 Å². The van der Waals surface area contributed by atoms with E-state index in [1.165, 1.54) is 11.3 Å². The van der Waals surface area contributed by atoms with Gasteiger partial charge in [0.2, 0.25) is 0 Å². The van der Waals surface area contributed by atoms with Crippen molar-refractivity contribution in [3.05, 3.63) is 51.2 Å². The van der Waals surface area contributed by atoms with Gasteiger partial charge in [-0.2, -0.15) is 0 Å². The van der Waals surface area contributed by atoms with Gasteiger partial charge < -0.3 is 5.32 Å². The molecule has 0 bridgehead atoms. The van der Waals surface area contributed by atoms with Gasteiger partial charge in [-0.25, -0.2) is 8.78 Å². The summed E-state index contributed by atoms with van der Waals surface area (Å²) in [5.74, 6) is -1.68. The van der Waals surface area contributed by atoms with Crippen LogP contribution in [0.25, 0.3) is 0 Å². The van der Waals surface area contributed by atoms with Gasteiger partial charge in [0, 0.05) is 10.9 Å². The van der Waals surface area contributed by atoms with Gasteiger partial charge in [0.1, 0.15) is 11.6 Å². The van der Waals surface area contributed by atoms with Gasteiger partial charge in [-0.1, -0.05) is 0 Å². The summed E-state index contributed by atoms with van der Waals surface area (Å²) >= 11 is 1.32. The summed E-state index contributed by atoms with van der Waals surface area (Å²) in [6, 6.07) is 4.67. The molecule has 0 unspecified atom stereocenters. The fraction of sp³-hybridized carbons (Fsp3) is 0.154. The monoisotopic (exact) mass is 267 g/mol. The van der Waals surface area contributed by atoms with E-state index in [-0.39, 0.29) is 5.69 Å². The predicted molar refractivity (Wildman–Crippen MR) is 68.1 cm³/mol. The summed E-state index contributed by atoms with van der Waals surface area (Å²) in [5.41, 5.74) is 0.855. The Balaban J connectivity index is 2.23. The second-order valence-corrected chi connectivity index (χ2v) is 5.18. The third kappa shape index (κ3) is 2.56. The number of anilines is 1. The minimum absolute atomic E-state index is 0.149. The molecule has 0 atom stereocenters. The van der Waals surface area contributed by atoms with Gasteiger partial charge in [-0.3, -0.25) is 4.79 Å². The Morgan fingerprint density at radius 3 is 2.56 bits per heavy atom. The first-order chi connectivity index (χ1) is 8.47. The quantitative estimate of drug-likeness (QED) is 0.878. The highest BCUT2D eigenvalue weighted by atomic mass is 32.1. The molecule has 2 aromatic rings. The van der Waals surface area contributed by atoms with Gasteiger partial charge in [-0.05, 0) is 37.6 Å². The third-order valence-corrected chi connectivity index (χ3v) is 3.72. The second kappa shape index (κ2) is 4.86. The van der Waals surface area contributed by atoms with Crippen molar-refractivity contribution in [2.45, 2.75) is 13.8 Å². The highest BCUT2D eigenvalue weighted by Gasteiger charge is 2.13. The first-order valence-electron chi connectivity index (χ1n) is 5.31. The van der Waals surface area contributed by atoms with Gasteiger partial charge in [-0.15, -0.1) is 11.3 Å². The lowest BCUT2D eigenvalue weighted by Gasteiger charge is -2.04. The zero-order chi connectivity index (χ0) is 13.3. The summed E-state index contributed by atoms with van der Waals surface area (Å²) in [7, 11) is 0. The van der Waals surface area contributed by atoms with Crippen molar-refractivity contribution < 1.29 is 13.6 Å². The number of rotatable bonds is 2. The minimum Gasteiger partial charge on any atom is -0.319 e. The van der Waals surface area contributed by atoms with Gasteiger partial charge in [0.25, 0.3) is 5.91 Å². The van der Waals surface area contributed by atoms with Crippen LogP contribution >= 0.6 is 11.3 Å². The van der Waals surface area contributed by atoms with E-state index in [1.54, 1.807) is 6.07 Å². The van der Waals surface area contributed by atoms with E-state index in [0.29, 0.717) is 4.88 Å². The molecule has 5 heteroatoms. The van der Waals surface area contributed by atoms with Crippen molar-refractivity contribution >= 4 is 22.9 Å². The average Bonchev–Trinajstić information content (AvgIpc) is 2.64. The van der Waals surface area contributed by atoms with Crippen LogP contribution in [-0.2, 0) is 0 Å². The highest BCUT2D eigenvalue weighted by molar-refractivity contribution is 7.14. The fourth-order valence-corrected chi connectivity index (χ4v) is 2.39. The third-order valence-electron chi connectivity index (χ3n) is 2.57. The predicted octanol–water partition coefficient (Wildman–Crippen LogP) is 3.90. The molecule has 1 heterocycles. The van der Waals surface area contributed by atoms with Gasteiger partial charge in [0.15, 0.2) is 0 Å². The molecular weight excluding hydrogens is 256 g/mol. The van der Waals surface area contributed by atoms with Crippen LogP contribution < -0.4 is 5.32 Å². The van der Waals surface area contributed by atoms with E-state index in [1.807, 2.05) is 13.8 Å². The highest BCUT2D eigenvalue weighted by Crippen LogP contribution is 2.22. The number of thiophene rings is 1. The number of amides is 1. The van der Waals surface area contributed by atoms with E-state index >= 15 is 0 Å². The zero-order valence-corrected chi connectivity index (χ0v) is 10.7. The number of carbonyl (C=O) groups is 1. The van der Waals surface area contributed by atoms with Crippen molar-refractivity contribution in [3.8, 4) is 0 Å². The number of halogens is 2. The summed E-state index contributed by atoms with van der Waals surface area (Å²) < 4.78 is 26.3. The van der Waals surface area contributed by atoms with Crippen LogP contribution in [0.2, 0.25) is 0 Å². The number of hydrogen-bond acceptors (Lipinski definition) is 2. The van der Waals surface area contributed by atoms with E-state index in [2.05, 4.69) is 5.32 Å². The Morgan fingerprint density at radius 2 is 1.94 bits per heavy atom. The van der Waals surface area contributed by atoms with Crippen molar-refractivity contribution in [1.82, 2.24) is 0 Å². The van der Waals surface area contributed by atoms with Crippen LogP contribution in [0.4, 0.5) is 14.5 Å². The summed E-state index contributed by atoms with van der Waals surface area (Å²) in [4.78, 5) is 13.4. The molecule has 0 saturated carbocycles. The number of benzene rings is 1. The molecule has 2 nitrogen and oxygen atoms in total. The van der Waals surface area contributed by atoms with Crippen LogP contribution in [-0.4, -0.2) is 5.91 Å². The van der Waals surface area contributed by atoms with Gasteiger partial charge in [0.05, 0.1) is 10.6 Å². The van der Waals surface area contributed by atoms with Crippen LogP contribution in [0, 0.1) is 25.5 Å². The molecule has 2 rings (SSSR count). The lowest BCUT2D eigenvalue weighted by Crippen LogP contribution is -2.11. The standard InChI is InChI=1S/C13H11F2NOS/c1-7-5-12(18-8(7)2)13(17)16-11-6-9(14)3-4-10(11)15/h3-6H,1-2H3,(H,16,17). The molecule has 0 aliphatic heterocycles.